The number of halogens is 3. The first kappa shape index (κ1) is 20.4. The fourth-order valence-electron chi connectivity index (χ4n) is 3.16. The van der Waals surface area contributed by atoms with Gasteiger partial charge in [0.2, 0.25) is 0 Å². The first-order valence-corrected chi connectivity index (χ1v) is 9.45. The lowest BCUT2D eigenvalue weighted by atomic mass is 10.0. The number of nitrogens with zero attached hydrogens (tertiary/aromatic N) is 1. The highest BCUT2D eigenvalue weighted by Gasteiger charge is 2.20. The van der Waals surface area contributed by atoms with Crippen LogP contribution >= 0.6 is 11.6 Å². The van der Waals surface area contributed by atoms with Gasteiger partial charge in [-0.1, -0.05) is 23.7 Å². The molecule has 8 heteroatoms. The van der Waals surface area contributed by atoms with E-state index in [2.05, 4.69) is 20.3 Å². The number of benzene rings is 2. The van der Waals surface area contributed by atoms with Crippen molar-refractivity contribution in [3.05, 3.63) is 59.1 Å². The van der Waals surface area contributed by atoms with Crippen LogP contribution in [-0.2, 0) is 6.54 Å². The number of piperidine rings is 1. The fourth-order valence-corrected chi connectivity index (χ4v) is 3.28. The molecule has 2 N–H and O–H groups in total. The molecule has 0 unspecified atom stereocenters. The lowest BCUT2D eigenvalue weighted by Gasteiger charge is -2.32. The Hall–Kier alpha value is -2.38. The summed E-state index contributed by atoms with van der Waals surface area (Å²) in [5, 5.41) is 6.40. The fraction of sp³-hybridized carbons (Fsp3) is 0.350. The Morgan fingerprint density at radius 3 is 2.36 bits per heavy atom. The molecule has 2 aromatic rings. The summed E-state index contributed by atoms with van der Waals surface area (Å²) in [6.07, 6.45) is 1.73. The largest absolute Gasteiger partial charge is 0.435 e. The second-order valence-corrected chi connectivity index (χ2v) is 7.11. The Labute approximate surface area is 167 Å². The summed E-state index contributed by atoms with van der Waals surface area (Å²) in [5.74, 6) is 0.0500. The van der Waals surface area contributed by atoms with E-state index in [-0.39, 0.29) is 17.8 Å². The molecular formula is C20H22ClF2N3O2. The number of urea groups is 1. The zero-order valence-electron chi connectivity index (χ0n) is 15.2. The van der Waals surface area contributed by atoms with E-state index in [4.69, 9.17) is 11.6 Å². The quantitative estimate of drug-likeness (QED) is 0.725. The molecule has 0 saturated carbocycles. The summed E-state index contributed by atoms with van der Waals surface area (Å²) in [5.41, 5.74) is 1.73. The van der Waals surface area contributed by atoms with Gasteiger partial charge in [0.05, 0.1) is 0 Å². The molecule has 1 saturated heterocycles. The van der Waals surface area contributed by atoms with Crippen molar-refractivity contribution in [3.63, 3.8) is 0 Å². The van der Waals surface area contributed by atoms with E-state index in [1.54, 1.807) is 0 Å². The lowest BCUT2D eigenvalue weighted by molar-refractivity contribution is -0.0498. The molecule has 1 aliphatic heterocycles. The van der Waals surface area contributed by atoms with Crippen LogP contribution in [-0.4, -0.2) is 36.7 Å². The van der Waals surface area contributed by atoms with Crippen molar-refractivity contribution in [1.82, 2.24) is 10.2 Å². The standard InChI is InChI=1S/C20H22ClF2N3O2/c21-15-3-1-14(2-4-15)13-26-11-9-17(10-12-26)25-20(27)24-16-5-7-18(8-6-16)28-19(22)23/h1-8,17,19H,9-13H2,(H2,24,25,27). The van der Waals surface area contributed by atoms with E-state index in [0.29, 0.717) is 5.69 Å². The van der Waals surface area contributed by atoms with Gasteiger partial charge in [-0.25, -0.2) is 4.79 Å². The van der Waals surface area contributed by atoms with Crippen molar-refractivity contribution in [2.75, 3.05) is 18.4 Å². The number of alkyl halides is 2. The van der Waals surface area contributed by atoms with Crippen LogP contribution in [0.3, 0.4) is 0 Å². The molecule has 1 aliphatic rings. The van der Waals surface area contributed by atoms with Crippen LogP contribution in [0, 0.1) is 0 Å². The molecule has 0 spiro atoms. The molecule has 2 aromatic carbocycles. The van der Waals surface area contributed by atoms with E-state index >= 15 is 0 Å². The van der Waals surface area contributed by atoms with Gasteiger partial charge in [0, 0.05) is 36.4 Å². The predicted octanol–water partition coefficient (Wildman–Crippen LogP) is 4.73. The summed E-state index contributed by atoms with van der Waals surface area (Å²) < 4.78 is 28.6. The van der Waals surface area contributed by atoms with E-state index in [9.17, 15) is 13.6 Å². The maximum atomic E-state index is 12.1. The number of hydrogen-bond donors (Lipinski definition) is 2. The highest BCUT2D eigenvalue weighted by molar-refractivity contribution is 6.30. The summed E-state index contributed by atoms with van der Waals surface area (Å²) in [6.45, 7) is -0.212. The van der Waals surface area contributed by atoms with Gasteiger partial charge in [0.1, 0.15) is 5.75 Å². The minimum Gasteiger partial charge on any atom is -0.435 e. The van der Waals surface area contributed by atoms with Crippen molar-refractivity contribution >= 4 is 23.3 Å². The number of ether oxygens (including phenoxy) is 1. The Kier molecular flexibility index (Phi) is 7.06. The monoisotopic (exact) mass is 409 g/mol. The number of amides is 2. The molecule has 0 aliphatic carbocycles. The first-order chi connectivity index (χ1) is 13.5. The molecule has 3 rings (SSSR count). The van der Waals surface area contributed by atoms with Crippen molar-refractivity contribution in [3.8, 4) is 5.75 Å². The Morgan fingerprint density at radius 2 is 1.75 bits per heavy atom. The van der Waals surface area contributed by atoms with Crippen molar-refractivity contribution in [1.29, 1.82) is 0 Å². The SMILES string of the molecule is O=C(Nc1ccc(OC(F)F)cc1)NC1CCN(Cc2ccc(Cl)cc2)CC1. The Balaban J connectivity index is 1.40. The van der Waals surface area contributed by atoms with Crippen molar-refractivity contribution in [2.24, 2.45) is 0 Å². The summed E-state index contributed by atoms with van der Waals surface area (Å²) >= 11 is 5.91. The Morgan fingerprint density at radius 1 is 1.11 bits per heavy atom. The van der Waals surface area contributed by atoms with E-state index in [1.165, 1.54) is 29.8 Å². The zero-order chi connectivity index (χ0) is 19.9. The van der Waals surface area contributed by atoms with Gasteiger partial charge in [0.25, 0.3) is 0 Å². The van der Waals surface area contributed by atoms with Gasteiger partial charge in [0.15, 0.2) is 0 Å². The van der Waals surface area contributed by atoms with Crippen LogP contribution in [0.15, 0.2) is 48.5 Å². The van der Waals surface area contributed by atoms with Crippen LogP contribution < -0.4 is 15.4 Å². The molecular weight excluding hydrogens is 388 g/mol. The predicted molar refractivity (Wildman–Crippen MR) is 105 cm³/mol. The number of carbonyl (C=O) groups excluding carboxylic acids is 1. The van der Waals surface area contributed by atoms with Gasteiger partial charge < -0.3 is 15.4 Å². The normalized spacial score (nSPS) is 15.4. The number of hydrogen-bond acceptors (Lipinski definition) is 3. The number of anilines is 1. The summed E-state index contributed by atoms with van der Waals surface area (Å²) in [4.78, 5) is 14.5. The Bertz CT molecular complexity index is 764. The number of rotatable bonds is 6. The molecule has 5 nitrogen and oxygen atoms in total. The maximum Gasteiger partial charge on any atom is 0.387 e. The van der Waals surface area contributed by atoms with Gasteiger partial charge in [-0.05, 0) is 54.8 Å². The van der Waals surface area contributed by atoms with Crippen LogP contribution in [0.1, 0.15) is 18.4 Å². The van der Waals surface area contributed by atoms with Crippen LogP contribution in [0.5, 0.6) is 5.75 Å². The second kappa shape index (κ2) is 9.71. The van der Waals surface area contributed by atoms with Crippen LogP contribution in [0.25, 0.3) is 0 Å². The van der Waals surface area contributed by atoms with Gasteiger partial charge in [-0.2, -0.15) is 8.78 Å². The van der Waals surface area contributed by atoms with E-state index in [0.717, 1.165) is 37.5 Å². The summed E-state index contributed by atoms with van der Waals surface area (Å²) in [6, 6.07) is 13.4. The maximum absolute atomic E-state index is 12.1. The number of likely N-dealkylation sites (tertiary alicyclic amines) is 1. The minimum atomic E-state index is -2.87. The summed E-state index contributed by atoms with van der Waals surface area (Å²) in [7, 11) is 0. The molecule has 1 heterocycles. The molecule has 28 heavy (non-hydrogen) atoms. The molecule has 0 bridgehead atoms. The molecule has 0 radical (unpaired) electrons. The average Bonchev–Trinajstić information content (AvgIpc) is 2.66. The topological polar surface area (TPSA) is 53.6 Å². The molecule has 0 aromatic heterocycles. The second-order valence-electron chi connectivity index (χ2n) is 6.68. The molecule has 1 fully saturated rings. The highest BCUT2D eigenvalue weighted by Crippen LogP contribution is 2.18. The smallest absolute Gasteiger partial charge is 0.387 e. The van der Waals surface area contributed by atoms with E-state index < -0.39 is 6.61 Å². The van der Waals surface area contributed by atoms with Crippen molar-refractivity contribution < 1.29 is 18.3 Å². The van der Waals surface area contributed by atoms with Crippen LogP contribution in [0.4, 0.5) is 19.3 Å². The van der Waals surface area contributed by atoms with Crippen LogP contribution in [0.2, 0.25) is 5.02 Å². The average molecular weight is 410 g/mol. The third kappa shape index (κ3) is 6.35. The number of nitrogens with one attached hydrogen (secondary N) is 2. The van der Waals surface area contributed by atoms with Gasteiger partial charge >= 0.3 is 12.6 Å². The third-order valence-electron chi connectivity index (χ3n) is 4.58. The zero-order valence-corrected chi connectivity index (χ0v) is 16.0. The first-order valence-electron chi connectivity index (χ1n) is 9.07. The number of carbonyl (C=O) groups is 1. The lowest BCUT2D eigenvalue weighted by Crippen LogP contribution is -2.45. The molecule has 150 valence electrons. The van der Waals surface area contributed by atoms with Gasteiger partial charge in [-0.15, -0.1) is 0 Å². The highest BCUT2D eigenvalue weighted by atomic mass is 35.5. The van der Waals surface area contributed by atoms with Gasteiger partial charge in [-0.3, -0.25) is 4.90 Å². The third-order valence-corrected chi connectivity index (χ3v) is 4.83. The minimum absolute atomic E-state index is 0.0500. The van der Waals surface area contributed by atoms with E-state index in [1.807, 2.05) is 24.3 Å². The molecule has 0 atom stereocenters. The van der Waals surface area contributed by atoms with Crippen molar-refractivity contribution in [2.45, 2.75) is 32.0 Å². The molecule has 2 amide bonds.